The van der Waals surface area contributed by atoms with E-state index in [4.69, 9.17) is 0 Å². The predicted molar refractivity (Wildman–Crippen MR) is 52.2 cm³/mol. The van der Waals surface area contributed by atoms with E-state index in [1.807, 2.05) is 5.57 Å². The molecule has 1 nitrogen and oxygen atoms in total. The molecule has 0 amide bonds. The summed E-state index contributed by atoms with van der Waals surface area (Å²) in [5.74, 6) is 0. The summed E-state index contributed by atoms with van der Waals surface area (Å²) in [5.41, 5.74) is 3.60. The Bertz CT molecular complexity index is 193. The Morgan fingerprint density at radius 3 is 2.58 bits per heavy atom. The lowest BCUT2D eigenvalue weighted by Gasteiger charge is -2.32. The summed E-state index contributed by atoms with van der Waals surface area (Å²) in [6, 6.07) is 0. The first kappa shape index (κ1) is 8.31. The molecule has 2 rings (SSSR count). The maximum absolute atomic E-state index is 2.57. The Morgan fingerprint density at radius 1 is 1.08 bits per heavy atom. The van der Waals surface area contributed by atoms with Crippen LogP contribution in [0.2, 0.25) is 0 Å². The zero-order valence-corrected chi connectivity index (χ0v) is 8.10. The molecular weight excluding hydrogens is 146 g/mol. The topological polar surface area (TPSA) is 3.24 Å². The second-order valence-electron chi connectivity index (χ2n) is 4.03. The van der Waals surface area contributed by atoms with E-state index in [9.17, 15) is 0 Å². The third kappa shape index (κ3) is 1.56. The van der Waals surface area contributed by atoms with E-state index in [1.54, 1.807) is 5.57 Å². The van der Waals surface area contributed by atoms with Gasteiger partial charge in [0.15, 0.2) is 0 Å². The Balaban J connectivity index is 2.05. The van der Waals surface area contributed by atoms with Gasteiger partial charge in [0.2, 0.25) is 0 Å². The van der Waals surface area contributed by atoms with E-state index < -0.39 is 0 Å². The van der Waals surface area contributed by atoms with Crippen LogP contribution in [0, 0.1) is 0 Å². The van der Waals surface area contributed by atoms with E-state index in [0.717, 1.165) is 0 Å². The van der Waals surface area contributed by atoms with Gasteiger partial charge in [0.1, 0.15) is 0 Å². The number of hydrogen-bond donors (Lipinski definition) is 0. The molecule has 0 aromatic rings. The van der Waals surface area contributed by atoms with Gasteiger partial charge in [-0.1, -0.05) is 18.1 Å². The summed E-state index contributed by atoms with van der Waals surface area (Å²) in [6.45, 7) is 6.10. The molecule has 0 bridgehead atoms. The van der Waals surface area contributed by atoms with Crippen LogP contribution in [-0.2, 0) is 0 Å². The molecule has 0 radical (unpaired) electrons. The lowest BCUT2D eigenvalue weighted by Crippen LogP contribution is -2.32. The minimum absolute atomic E-state index is 1.23. The van der Waals surface area contributed by atoms with Gasteiger partial charge in [-0.3, -0.25) is 4.90 Å². The van der Waals surface area contributed by atoms with Crippen molar-refractivity contribution in [2.24, 2.45) is 0 Å². The fourth-order valence-corrected chi connectivity index (χ4v) is 2.43. The highest BCUT2D eigenvalue weighted by Gasteiger charge is 2.19. The van der Waals surface area contributed by atoms with Crippen molar-refractivity contribution in [3.05, 3.63) is 11.1 Å². The first-order valence-electron chi connectivity index (χ1n) is 5.32. The van der Waals surface area contributed by atoms with Crippen LogP contribution < -0.4 is 0 Å². The summed E-state index contributed by atoms with van der Waals surface area (Å²) < 4.78 is 0. The van der Waals surface area contributed by atoms with Crippen LogP contribution in [0.4, 0.5) is 0 Å². The maximum Gasteiger partial charge on any atom is 0.0195 e. The van der Waals surface area contributed by atoms with Crippen LogP contribution in [0.1, 0.15) is 39.0 Å². The minimum atomic E-state index is 1.23. The van der Waals surface area contributed by atoms with Crippen molar-refractivity contribution in [3.63, 3.8) is 0 Å². The molecule has 0 atom stereocenters. The molecule has 0 saturated heterocycles. The highest BCUT2D eigenvalue weighted by Crippen LogP contribution is 2.30. The van der Waals surface area contributed by atoms with Crippen molar-refractivity contribution >= 4 is 0 Å². The van der Waals surface area contributed by atoms with Gasteiger partial charge < -0.3 is 0 Å². The fourth-order valence-electron chi connectivity index (χ4n) is 2.43. The summed E-state index contributed by atoms with van der Waals surface area (Å²) >= 11 is 0. The molecule has 0 aromatic heterocycles. The molecule has 0 spiro atoms. The first-order valence-corrected chi connectivity index (χ1v) is 5.32. The van der Waals surface area contributed by atoms with Gasteiger partial charge >= 0.3 is 0 Å². The molecule has 1 heteroatoms. The van der Waals surface area contributed by atoms with Gasteiger partial charge in [0.25, 0.3) is 0 Å². The quantitative estimate of drug-likeness (QED) is 0.540. The molecule has 68 valence electrons. The van der Waals surface area contributed by atoms with Crippen molar-refractivity contribution in [2.75, 3.05) is 19.6 Å². The van der Waals surface area contributed by atoms with Crippen molar-refractivity contribution in [2.45, 2.75) is 39.0 Å². The largest absolute Gasteiger partial charge is 0.299 e. The number of likely N-dealkylation sites (N-methyl/N-ethyl adjacent to an activating group) is 1. The third-order valence-corrected chi connectivity index (χ3v) is 3.30. The smallest absolute Gasteiger partial charge is 0.0195 e. The summed E-state index contributed by atoms with van der Waals surface area (Å²) in [5, 5.41) is 0. The summed E-state index contributed by atoms with van der Waals surface area (Å²) in [4.78, 5) is 2.57. The molecule has 0 aromatic carbocycles. The molecule has 0 unspecified atom stereocenters. The molecule has 1 aliphatic carbocycles. The van der Waals surface area contributed by atoms with E-state index >= 15 is 0 Å². The van der Waals surface area contributed by atoms with Crippen LogP contribution in [0.15, 0.2) is 11.1 Å². The van der Waals surface area contributed by atoms with Gasteiger partial charge in [-0.05, 0) is 38.6 Å². The average Bonchev–Trinajstić information content (AvgIpc) is 2.17. The summed E-state index contributed by atoms with van der Waals surface area (Å²) in [7, 11) is 0. The van der Waals surface area contributed by atoms with Crippen LogP contribution in [0.5, 0.6) is 0 Å². The lowest BCUT2D eigenvalue weighted by molar-refractivity contribution is 0.288. The van der Waals surface area contributed by atoms with Crippen LogP contribution in [0.25, 0.3) is 0 Å². The van der Waals surface area contributed by atoms with Gasteiger partial charge in [0, 0.05) is 13.1 Å². The van der Waals surface area contributed by atoms with Crippen LogP contribution in [0.3, 0.4) is 0 Å². The van der Waals surface area contributed by atoms with E-state index in [2.05, 4.69) is 11.8 Å². The number of nitrogens with zero attached hydrogens (tertiary/aromatic N) is 1. The highest BCUT2D eigenvalue weighted by atomic mass is 15.1. The third-order valence-electron chi connectivity index (χ3n) is 3.30. The van der Waals surface area contributed by atoms with Gasteiger partial charge in [-0.25, -0.2) is 0 Å². The molecular formula is C11H19N. The Labute approximate surface area is 75.4 Å². The molecule has 2 aliphatic rings. The Kier molecular flexibility index (Phi) is 2.50. The SMILES string of the molecule is CCN1CCC2=C(CCCC2)C1. The van der Waals surface area contributed by atoms with Crippen molar-refractivity contribution in [3.8, 4) is 0 Å². The van der Waals surface area contributed by atoms with Gasteiger partial charge in [-0.2, -0.15) is 0 Å². The van der Waals surface area contributed by atoms with Crippen molar-refractivity contribution in [1.82, 2.24) is 4.90 Å². The Morgan fingerprint density at radius 2 is 1.83 bits per heavy atom. The monoisotopic (exact) mass is 165 g/mol. The first-order chi connectivity index (χ1) is 5.90. The number of hydrogen-bond acceptors (Lipinski definition) is 1. The van der Waals surface area contributed by atoms with Crippen molar-refractivity contribution < 1.29 is 0 Å². The second kappa shape index (κ2) is 3.61. The molecule has 0 N–H and O–H groups in total. The zero-order chi connectivity index (χ0) is 8.39. The lowest BCUT2D eigenvalue weighted by atomic mass is 9.87. The fraction of sp³-hybridized carbons (Fsp3) is 0.818. The molecule has 1 aliphatic heterocycles. The summed E-state index contributed by atoms with van der Waals surface area (Å²) in [6.07, 6.45) is 7.06. The molecule has 0 fully saturated rings. The molecule has 12 heavy (non-hydrogen) atoms. The number of rotatable bonds is 1. The van der Waals surface area contributed by atoms with E-state index in [0.29, 0.717) is 0 Å². The van der Waals surface area contributed by atoms with Crippen LogP contribution in [-0.4, -0.2) is 24.5 Å². The standard InChI is InChI=1S/C11H19N/c1-2-12-8-7-10-5-3-4-6-11(10)9-12/h2-9H2,1H3. The highest BCUT2D eigenvalue weighted by molar-refractivity contribution is 5.21. The van der Waals surface area contributed by atoms with Gasteiger partial charge in [0.05, 0.1) is 0 Å². The Hall–Kier alpha value is -0.300. The average molecular weight is 165 g/mol. The van der Waals surface area contributed by atoms with Crippen LogP contribution >= 0.6 is 0 Å². The second-order valence-corrected chi connectivity index (χ2v) is 4.03. The maximum atomic E-state index is 2.57. The van der Waals surface area contributed by atoms with E-state index in [-0.39, 0.29) is 0 Å². The van der Waals surface area contributed by atoms with E-state index in [1.165, 1.54) is 51.7 Å². The molecule has 0 saturated carbocycles. The molecule has 1 heterocycles. The van der Waals surface area contributed by atoms with Crippen molar-refractivity contribution in [1.29, 1.82) is 0 Å². The van der Waals surface area contributed by atoms with Gasteiger partial charge in [-0.15, -0.1) is 0 Å². The zero-order valence-electron chi connectivity index (χ0n) is 8.10. The predicted octanol–water partition coefficient (Wildman–Crippen LogP) is 2.58. The normalized spacial score (nSPS) is 25.8. The minimum Gasteiger partial charge on any atom is -0.299 e.